The highest BCUT2D eigenvalue weighted by Gasteiger charge is 2.14. The number of anilines is 1. The van der Waals surface area contributed by atoms with Crippen molar-refractivity contribution in [2.24, 2.45) is 10.9 Å². The Labute approximate surface area is 135 Å². The number of rotatable bonds is 4. The van der Waals surface area contributed by atoms with Crippen LogP contribution in [0.25, 0.3) is 5.65 Å². The van der Waals surface area contributed by atoms with Crippen molar-refractivity contribution in [3.8, 4) is 0 Å². The van der Waals surface area contributed by atoms with Crippen LogP contribution in [0.1, 0.15) is 24.1 Å². The molecule has 0 saturated heterocycles. The molecule has 0 aliphatic carbocycles. The number of oxime groups is 1. The van der Waals surface area contributed by atoms with Crippen LogP contribution in [0.3, 0.4) is 0 Å². The Morgan fingerprint density at radius 3 is 2.92 bits per heavy atom. The van der Waals surface area contributed by atoms with E-state index < -0.39 is 17.7 Å². The van der Waals surface area contributed by atoms with Gasteiger partial charge in [-0.1, -0.05) is 5.16 Å². The van der Waals surface area contributed by atoms with Gasteiger partial charge in [-0.15, -0.1) is 0 Å². The predicted octanol–water partition coefficient (Wildman–Crippen LogP) is 2.28. The minimum Gasteiger partial charge on any atom is -0.409 e. The molecule has 0 aliphatic rings. The molecule has 0 aliphatic heterocycles. The van der Waals surface area contributed by atoms with Crippen LogP contribution in [-0.4, -0.2) is 25.6 Å². The molecule has 124 valence electrons. The summed E-state index contributed by atoms with van der Waals surface area (Å²) in [6.45, 7) is 1.69. The zero-order valence-corrected chi connectivity index (χ0v) is 12.6. The van der Waals surface area contributed by atoms with Crippen molar-refractivity contribution in [1.82, 2.24) is 14.6 Å². The minimum absolute atomic E-state index is 0.126. The Hall–Kier alpha value is -3.23. The van der Waals surface area contributed by atoms with Crippen LogP contribution in [0.15, 0.2) is 41.8 Å². The molecule has 9 heteroatoms. The number of benzene rings is 1. The third-order valence-corrected chi connectivity index (χ3v) is 3.54. The van der Waals surface area contributed by atoms with Crippen LogP contribution in [0.4, 0.5) is 14.6 Å². The smallest absolute Gasteiger partial charge is 0.175 e. The van der Waals surface area contributed by atoms with Crippen LogP contribution in [-0.2, 0) is 0 Å². The van der Waals surface area contributed by atoms with Crippen molar-refractivity contribution in [2.45, 2.75) is 13.0 Å². The molecule has 0 bridgehead atoms. The van der Waals surface area contributed by atoms with E-state index in [0.717, 1.165) is 18.2 Å². The van der Waals surface area contributed by atoms with Crippen LogP contribution >= 0.6 is 0 Å². The van der Waals surface area contributed by atoms with E-state index in [0.29, 0.717) is 17.0 Å². The third kappa shape index (κ3) is 2.83. The summed E-state index contributed by atoms with van der Waals surface area (Å²) in [6, 6.07) is 4.37. The molecule has 7 nitrogen and oxygen atoms in total. The van der Waals surface area contributed by atoms with Gasteiger partial charge >= 0.3 is 0 Å². The van der Waals surface area contributed by atoms with Crippen LogP contribution in [0.5, 0.6) is 0 Å². The molecule has 1 atom stereocenters. The number of nitrogens with one attached hydrogen (secondary N) is 1. The monoisotopic (exact) mass is 332 g/mol. The largest absolute Gasteiger partial charge is 0.409 e. The highest BCUT2D eigenvalue weighted by Crippen LogP contribution is 2.22. The lowest BCUT2D eigenvalue weighted by molar-refractivity contribution is 0.318. The number of hydrogen-bond acceptors (Lipinski definition) is 5. The summed E-state index contributed by atoms with van der Waals surface area (Å²) in [6.07, 6.45) is 3.03. The molecule has 0 saturated carbocycles. The number of nitrogens with zero attached hydrogens (tertiary/aromatic N) is 4. The molecule has 0 radical (unpaired) electrons. The summed E-state index contributed by atoms with van der Waals surface area (Å²) in [4.78, 5) is 4.32. The maximum absolute atomic E-state index is 13.8. The zero-order valence-electron chi connectivity index (χ0n) is 12.6. The fourth-order valence-corrected chi connectivity index (χ4v) is 2.33. The Balaban J connectivity index is 1.93. The molecular weight excluding hydrogens is 318 g/mol. The summed E-state index contributed by atoms with van der Waals surface area (Å²) in [7, 11) is 0. The minimum atomic E-state index is -0.522. The molecule has 2 aromatic heterocycles. The Kier molecular flexibility index (Phi) is 3.98. The maximum atomic E-state index is 13.8. The topological polar surface area (TPSA) is 101 Å². The van der Waals surface area contributed by atoms with Gasteiger partial charge in [-0.25, -0.2) is 18.3 Å². The number of nitrogens with two attached hydrogens (primary N) is 1. The van der Waals surface area contributed by atoms with Gasteiger partial charge in [-0.2, -0.15) is 5.10 Å². The summed E-state index contributed by atoms with van der Waals surface area (Å²) in [5.74, 6) is -0.752. The molecule has 3 aromatic rings. The van der Waals surface area contributed by atoms with E-state index >= 15 is 0 Å². The molecule has 2 heterocycles. The molecule has 0 unspecified atom stereocenters. The van der Waals surface area contributed by atoms with Gasteiger partial charge in [-0.05, 0) is 31.2 Å². The van der Waals surface area contributed by atoms with E-state index in [1.807, 2.05) is 0 Å². The summed E-state index contributed by atoms with van der Waals surface area (Å²) in [5, 5.41) is 18.7. The third-order valence-electron chi connectivity index (χ3n) is 3.54. The molecule has 4 N–H and O–H groups in total. The average molecular weight is 332 g/mol. The predicted molar refractivity (Wildman–Crippen MR) is 83.9 cm³/mol. The second kappa shape index (κ2) is 6.11. The number of amidine groups is 1. The lowest BCUT2D eigenvalue weighted by Crippen LogP contribution is -2.14. The van der Waals surface area contributed by atoms with E-state index in [2.05, 4.69) is 20.6 Å². The molecule has 0 amide bonds. The van der Waals surface area contributed by atoms with Crippen molar-refractivity contribution in [3.05, 3.63) is 59.4 Å². The summed E-state index contributed by atoms with van der Waals surface area (Å²) >= 11 is 0. The SMILES string of the molecule is C[C@@H](Nc1ccn2ncc(/C(N)=N/O)c2n1)c1cc(F)ccc1F. The van der Waals surface area contributed by atoms with Gasteiger partial charge in [0.2, 0.25) is 0 Å². The van der Waals surface area contributed by atoms with Crippen molar-refractivity contribution in [1.29, 1.82) is 0 Å². The lowest BCUT2D eigenvalue weighted by Gasteiger charge is -2.16. The Morgan fingerprint density at radius 1 is 1.38 bits per heavy atom. The second-order valence-corrected chi connectivity index (χ2v) is 5.16. The zero-order chi connectivity index (χ0) is 17.3. The van der Waals surface area contributed by atoms with Gasteiger partial charge in [0.1, 0.15) is 17.5 Å². The lowest BCUT2D eigenvalue weighted by atomic mass is 10.1. The van der Waals surface area contributed by atoms with Gasteiger partial charge < -0.3 is 16.3 Å². The van der Waals surface area contributed by atoms with Gasteiger partial charge in [-0.3, -0.25) is 0 Å². The van der Waals surface area contributed by atoms with Crippen LogP contribution in [0.2, 0.25) is 0 Å². The average Bonchev–Trinajstić information content (AvgIpc) is 2.99. The quantitative estimate of drug-likeness (QED) is 0.294. The fraction of sp³-hybridized carbons (Fsp3) is 0.133. The van der Waals surface area contributed by atoms with Crippen molar-refractivity contribution >= 4 is 17.3 Å². The van der Waals surface area contributed by atoms with E-state index in [-0.39, 0.29) is 11.4 Å². The molecule has 24 heavy (non-hydrogen) atoms. The molecule has 1 aromatic carbocycles. The Bertz CT molecular complexity index is 923. The first kappa shape index (κ1) is 15.7. The van der Waals surface area contributed by atoms with Crippen molar-refractivity contribution < 1.29 is 14.0 Å². The van der Waals surface area contributed by atoms with Crippen LogP contribution in [0, 0.1) is 11.6 Å². The highest BCUT2D eigenvalue weighted by atomic mass is 19.1. The number of aromatic nitrogens is 3. The van der Waals surface area contributed by atoms with E-state index in [1.165, 1.54) is 10.7 Å². The highest BCUT2D eigenvalue weighted by molar-refractivity contribution is 6.02. The van der Waals surface area contributed by atoms with Crippen LogP contribution < -0.4 is 11.1 Å². The van der Waals surface area contributed by atoms with E-state index in [9.17, 15) is 8.78 Å². The maximum Gasteiger partial charge on any atom is 0.175 e. The first-order chi connectivity index (χ1) is 11.5. The number of hydrogen-bond donors (Lipinski definition) is 3. The van der Waals surface area contributed by atoms with E-state index in [1.54, 1.807) is 19.2 Å². The first-order valence-electron chi connectivity index (χ1n) is 7.03. The standard InChI is InChI=1S/C15H14F2N6O/c1-8(10-6-9(16)2-3-12(10)17)20-13-4-5-23-15(21-13)11(7-19-23)14(18)22-24/h2-8,24H,1H3,(H2,18,22)(H,20,21)/t8-/m1/s1. The summed E-state index contributed by atoms with van der Waals surface area (Å²) in [5.41, 5.74) is 6.48. The summed E-state index contributed by atoms with van der Waals surface area (Å²) < 4.78 is 28.6. The van der Waals surface area contributed by atoms with Crippen molar-refractivity contribution in [3.63, 3.8) is 0 Å². The van der Waals surface area contributed by atoms with Gasteiger partial charge in [0.05, 0.1) is 17.8 Å². The van der Waals surface area contributed by atoms with Gasteiger partial charge in [0.15, 0.2) is 11.5 Å². The molecule has 3 rings (SSSR count). The normalized spacial score (nSPS) is 13.2. The van der Waals surface area contributed by atoms with Gasteiger partial charge in [0.25, 0.3) is 0 Å². The van der Waals surface area contributed by atoms with Crippen molar-refractivity contribution in [2.75, 3.05) is 5.32 Å². The van der Waals surface area contributed by atoms with Gasteiger partial charge in [0, 0.05) is 11.8 Å². The number of fused-ring (bicyclic) bond motifs is 1. The number of halogens is 2. The molecule has 0 fully saturated rings. The molecular formula is C15H14F2N6O. The first-order valence-corrected chi connectivity index (χ1v) is 7.03. The fourth-order valence-electron chi connectivity index (χ4n) is 2.33. The van der Waals surface area contributed by atoms with E-state index in [4.69, 9.17) is 10.9 Å². The molecule has 0 spiro atoms. The Morgan fingerprint density at radius 2 is 2.17 bits per heavy atom. The second-order valence-electron chi connectivity index (χ2n) is 5.16.